The van der Waals surface area contributed by atoms with Crippen LogP contribution in [0.5, 0.6) is 5.75 Å². The van der Waals surface area contributed by atoms with Gasteiger partial charge in [-0.3, -0.25) is 4.79 Å². The third-order valence-electron chi connectivity index (χ3n) is 3.65. The van der Waals surface area contributed by atoms with Crippen LogP contribution in [0.1, 0.15) is 61.0 Å². The molecule has 2 heteroatoms. The second kappa shape index (κ2) is 7.32. The van der Waals surface area contributed by atoms with E-state index in [1.165, 1.54) is 0 Å². The van der Waals surface area contributed by atoms with Crippen LogP contribution in [0.25, 0.3) is 0 Å². The highest BCUT2D eigenvalue weighted by atomic mass is 16.5. The lowest BCUT2D eigenvalue weighted by molar-refractivity contribution is 0.0904. The first kappa shape index (κ1) is 15.7. The van der Waals surface area contributed by atoms with E-state index in [-0.39, 0.29) is 5.92 Å². The summed E-state index contributed by atoms with van der Waals surface area (Å²) in [6, 6.07) is 3.95. The zero-order valence-corrected chi connectivity index (χ0v) is 12.9. The molecule has 0 saturated heterocycles. The fourth-order valence-electron chi connectivity index (χ4n) is 2.60. The molecule has 1 rings (SSSR count). The zero-order valence-electron chi connectivity index (χ0n) is 12.9. The minimum atomic E-state index is 0.168. The predicted octanol–water partition coefficient (Wildman–Crippen LogP) is 4.71. The Hall–Kier alpha value is -1.31. The van der Waals surface area contributed by atoms with E-state index in [1.807, 2.05) is 26.0 Å². The number of aryl methyl sites for hydroxylation is 2. The summed E-state index contributed by atoms with van der Waals surface area (Å²) in [5.41, 5.74) is 2.91. The summed E-state index contributed by atoms with van der Waals surface area (Å²) >= 11 is 0. The third kappa shape index (κ3) is 3.82. The zero-order chi connectivity index (χ0) is 14.4. The van der Waals surface area contributed by atoms with E-state index in [2.05, 4.69) is 13.8 Å². The van der Waals surface area contributed by atoms with Crippen molar-refractivity contribution in [2.24, 2.45) is 5.92 Å². The number of ketones is 1. The van der Waals surface area contributed by atoms with Crippen LogP contribution in [0.15, 0.2) is 12.1 Å². The molecule has 0 fully saturated rings. The van der Waals surface area contributed by atoms with Gasteiger partial charge in [-0.15, -0.1) is 0 Å². The SMILES string of the molecule is CCCC(CCC)C(=O)c1cc(C)c(OC)cc1C. The Balaban J connectivity index is 3.07. The number of carbonyl (C=O) groups excluding carboxylic acids is 1. The lowest BCUT2D eigenvalue weighted by Crippen LogP contribution is -2.16. The molecule has 106 valence electrons. The molecule has 0 radical (unpaired) electrons. The highest BCUT2D eigenvalue weighted by molar-refractivity contribution is 5.99. The smallest absolute Gasteiger partial charge is 0.166 e. The van der Waals surface area contributed by atoms with E-state index >= 15 is 0 Å². The van der Waals surface area contributed by atoms with Crippen molar-refractivity contribution in [3.05, 3.63) is 28.8 Å². The Morgan fingerprint density at radius 3 is 2.16 bits per heavy atom. The molecule has 0 saturated carbocycles. The standard InChI is InChI=1S/C17H26O2/c1-6-8-14(9-7-2)17(18)15-10-13(4)16(19-5)11-12(15)3/h10-11,14H,6-9H2,1-5H3. The van der Waals surface area contributed by atoms with Crippen LogP contribution < -0.4 is 4.74 Å². The van der Waals surface area contributed by atoms with Gasteiger partial charge in [-0.2, -0.15) is 0 Å². The summed E-state index contributed by atoms with van der Waals surface area (Å²) in [4.78, 5) is 12.7. The Bertz CT molecular complexity index is 429. The van der Waals surface area contributed by atoms with E-state index in [4.69, 9.17) is 4.74 Å². The average molecular weight is 262 g/mol. The van der Waals surface area contributed by atoms with Gasteiger partial charge in [0.05, 0.1) is 7.11 Å². The van der Waals surface area contributed by atoms with Gasteiger partial charge in [0.25, 0.3) is 0 Å². The molecule has 0 aliphatic rings. The summed E-state index contributed by atoms with van der Waals surface area (Å²) in [7, 11) is 1.67. The number of hydrogen-bond donors (Lipinski definition) is 0. The monoisotopic (exact) mass is 262 g/mol. The lowest BCUT2D eigenvalue weighted by atomic mass is 9.87. The van der Waals surface area contributed by atoms with Crippen LogP contribution >= 0.6 is 0 Å². The van der Waals surface area contributed by atoms with Crippen LogP contribution in [0.4, 0.5) is 0 Å². The van der Waals surface area contributed by atoms with Gasteiger partial charge in [0.1, 0.15) is 5.75 Å². The molecule has 0 unspecified atom stereocenters. The first-order valence-electron chi connectivity index (χ1n) is 7.24. The molecule has 0 bridgehead atoms. The van der Waals surface area contributed by atoms with Crippen molar-refractivity contribution in [3.63, 3.8) is 0 Å². The van der Waals surface area contributed by atoms with Crippen molar-refractivity contribution in [1.29, 1.82) is 0 Å². The molecule has 0 aliphatic heterocycles. The lowest BCUT2D eigenvalue weighted by Gasteiger charge is -2.17. The van der Waals surface area contributed by atoms with Crippen LogP contribution in [-0.2, 0) is 0 Å². The van der Waals surface area contributed by atoms with Crippen molar-refractivity contribution in [2.75, 3.05) is 7.11 Å². The molecule has 19 heavy (non-hydrogen) atoms. The van der Waals surface area contributed by atoms with Gasteiger partial charge in [0.2, 0.25) is 0 Å². The Labute approximate surface area is 117 Å². The molecule has 0 atom stereocenters. The predicted molar refractivity (Wildman–Crippen MR) is 80.1 cm³/mol. The van der Waals surface area contributed by atoms with Gasteiger partial charge in [0.15, 0.2) is 5.78 Å². The molecule has 0 spiro atoms. The van der Waals surface area contributed by atoms with Crippen LogP contribution in [0, 0.1) is 19.8 Å². The van der Waals surface area contributed by atoms with Crippen molar-refractivity contribution in [3.8, 4) is 5.75 Å². The second-order valence-electron chi connectivity index (χ2n) is 5.28. The normalized spacial score (nSPS) is 10.8. The first-order valence-corrected chi connectivity index (χ1v) is 7.24. The van der Waals surface area contributed by atoms with E-state index in [0.29, 0.717) is 5.78 Å². The number of ether oxygens (including phenoxy) is 1. The van der Waals surface area contributed by atoms with Crippen LogP contribution in [0.3, 0.4) is 0 Å². The van der Waals surface area contributed by atoms with E-state index < -0.39 is 0 Å². The maximum absolute atomic E-state index is 12.7. The molecule has 0 aromatic heterocycles. The van der Waals surface area contributed by atoms with Gasteiger partial charge >= 0.3 is 0 Å². The van der Waals surface area contributed by atoms with Crippen molar-refractivity contribution in [1.82, 2.24) is 0 Å². The van der Waals surface area contributed by atoms with Crippen LogP contribution in [0.2, 0.25) is 0 Å². The summed E-state index contributed by atoms with van der Waals surface area (Å²) in [6.45, 7) is 8.26. The van der Waals surface area contributed by atoms with E-state index in [9.17, 15) is 4.79 Å². The van der Waals surface area contributed by atoms with E-state index in [1.54, 1.807) is 7.11 Å². The quantitative estimate of drug-likeness (QED) is 0.665. The minimum Gasteiger partial charge on any atom is -0.496 e. The molecule has 0 N–H and O–H groups in total. The fraction of sp³-hybridized carbons (Fsp3) is 0.588. The van der Waals surface area contributed by atoms with Crippen molar-refractivity contribution < 1.29 is 9.53 Å². The number of Topliss-reactive ketones (excluding diaryl/α,β-unsaturated/α-hetero) is 1. The fourth-order valence-corrected chi connectivity index (χ4v) is 2.60. The summed E-state index contributed by atoms with van der Waals surface area (Å²) in [5.74, 6) is 1.32. The Morgan fingerprint density at radius 2 is 1.68 bits per heavy atom. The molecular formula is C17H26O2. The topological polar surface area (TPSA) is 26.3 Å². The average Bonchev–Trinajstić information content (AvgIpc) is 2.40. The molecule has 2 nitrogen and oxygen atoms in total. The van der Waals surface area contributed by atoms with Gasteiger partial charge < -0.3 is 4.74 Å². The van der Waals surface area contributed by atoms with Gasteiger partial charge in [-0.25, -0.2) is 0 Å². The molecule has 0 heterocycles. The molecule has 0 amide bonds. The van der Waals surface area contributed by atoms with Crippen molar-refractivity contribution >= 4 is 5.78 Å². The molecule has 0 aliphatic carbocycles. The highest BCUT2D eigenvalue weighted by Gasteiger charge is 2.21. The summed E-state index contributed by atoms with van der Waals surface area (Å²) in [5, 5.41) is 0. The first-order chi connectivity index (χ1) is 9.04. The highest BCUT2D eigenvalue weighted by Crippen LogP contribution is 2.27. The minimum absolute atomic E-state index is 0.168. The summed E-state index contributed by atoms with van der Waals surface area (Å²) in [6.07, 6.45) is 4.09. The molecular weight excluding hydrogens is 236 g/mol. The maximum atomic E-state index is 12.7. The maximum Gasteiger partial charge on any atom is 0.166 e. The van der Waals surface area contributed by atoms with E-state index in [0.717, 1.165) is 48.1 Å². The van der Waals surface area contributed by atoms with Gasteiger partial charge in [-0.05, 0) is 49.9 Å². The summed E-state index contributed by atoms with van der Waals surface area (Å²) < 4.78 is 5.30. The largest absolute Gasteiger partial charge is 0.496 e. The number of rotatable bonds is 7. The second-order valence-corrected chi connectivity index (χ2v) is 5.28. The molecule has 1 aromatic carbocycles. The Kier molecular flexibility index (Phi) is 6.07. The Morgan fingerprint density at radius 1 is 1.11 bits per heavy atom. The number of carbonyl (C=O) groups is 1. The van der Waals surface area contributed by atoms with Gasteiger partial charge in [0, 0.05) is 11.5 Å². The van der Waals surface area contributed by atoms with Crippen molar-refractivity contribution in [2.45, 2.75) is 53.4 Å². The molecule has 1 aromatic rings. The number of methoxy groups -OCH3 is 1. The van der Waals surface area contributed by atoms with Crippen LogP contribution in [-0.4, -0.2) is 12.9 Å². The van der Waals surface area contributed by atoms with Gasteiger partial charge in [-0.1, -0.05) is 26.7 Å². The third-order valence-corrected chi connectivity index (χ3v) is 3.65. The number of hydrogen-bond acceptors (Lipinski definition) is 2. The number of benzene rings is 1.